The minimum absolute atomic E-state index is 0.158. The molecule has 6 heteroatoms. The molecule has 0 aliphatic carbocycles. The molecule has 2 aromatic rings. The predicted octanol–water partition coefficient (Wildman–Crippen LogP) is 3.00. The first-order chi connectivity index (χ1) is 11.0. The van der Waals surface area contributed by atoms with Gasteiger partial charge in [0.2, 0.25) is 0 Å². The van der Waals surface area contributed by atoms with E-state index in [4.69, 9.17) is 4.74 Å². The number of hydrogen-bond acceptors (Lipinski definition) is 3. The fraction of sp³-hybridized carbons (Fsp3) is 0.176. The predicted molar refractivity (Wildman–Crippen MR) is 79.6 cm³/mol. The summed E-state index contributed by atoms with van der Waals surface area (Å²) in [6, 6.07) is 10.2. The highest BCUT2D eigenvalue weighted by molar-refractivity contribution is 5.91. The van der Waals surface area contributed by atoms with Gasteiger partial charge >= 0.3 is 5.97 Å². The molecule has 1 amide bonds. The molecule has 0 aromatic heterocycles. The zero-order valence-electron chi connectivity index (χ0n) is 12.4. The quantitative estimate of drug-likeness (QED) is 0.862. The number of carbonyl (C=O) groups excluding carboxylic acids is 2. The molecule has 1 atom stereocenters. The van der Waals surface area contributed by atoms with Crippen molar-refractivity contribution in [2.45, 2.75) is 13.0 Å². The first kappa shape index (κ1) is 16.6. The van der Waals surface area contributed by atoms with Crippen LogP contribution in [0.1, 0.15) is 28.9 Å². The van der Waals surface area contributed by atoms with Gasteiger partial charge in [0.1, 0.15) is 11.6 Å². The molecule has 0 aliphatic heterocycles. The normalized spacial score (nSPS) is 11.6. The summed E-state index contributed by atoms with van der Waals surface area (Å²) >= 11 is 0. The lowest BCUT2D eigenvalue weighted by molar-refractivity contribution is -0.124. The first-order valence-corrected chi connectivity index (χ1v) is 6.93. The molecule has 0 bridgehead atoms. The van der Waals surface area contributed by atoms with E-state index in [9.17, 15) is 18.4 Å². The highest BCUT2D eigenvalue weighted by Gasteiger charge is 2.13. The third kappa shape index (κ3) is 4.88. The Balaban J connectivity index is 1.83. The van der Waals surface area contributed by atoms with Crippen LogP contribution < -0.4 is 5.32 Å². The van der Waals surface area contributed by atoms with Crippen molar-refractivity contribution < 1.29 is 23.1 Å². The monoisotopic (exact) mass is 319 g/mol. The minimum atomic E-state index is -0.713. The average molecular weight is 319 g/mol. The molecule has 2 aromatic carbocycles. The molecule has 0 fully saturated rings. The summed E-state index contributed by atoms with van der Waals surface area (Å²) in [5, 5.41) is 2.63. The van der Waals surface area contributed by atoms with Crippen molar-refractivity contribution in [3.05, 3.63) is 71.3 Å². The van der Waals surface area contributed by atoms with Crippen LogP contribution in [-0.2, 0) is 9.53 Å². The number of benzene rings is 2. The van der Waals surface area contributed by atoms with Gasteiger partial charge in [-0.3, -0.25) is 4.79 Å². The van der Waals surface area contributed by atoms with Crippen LogP contribution in [0.5, 0.6) is 0 Å². The lowest BCUT2D eigenvalue weighted by Gasteiger charge is -2.14. The topological polar surface area (TPSA) is 55.4 Å². The molecule has 120 valence electrons. The number of hydrogen-bond donors (Lipinski definition) is 1. The third-order valence-electron chi connectivity index (χ3n) is 3.16. The van der Waals surface area contributed by atoms with Crippen LogP contribution in [-0.4, -0.2) is 18.5 Å². The van der Waals surface area contributed by atoms with Crippen LogP contribution in [0.4, 0.5) is 8.78 Å². The molecular formula is C17H15F2NO3. The summed E-state index contributed by atoms with van der Waals surface area (Å²) in [5.41, 5.74) is 0.885. The molecule has 0 aliphatic rings. The number of esters is 1. The fourth-order valence-electron chi connectivity index (χ4n) is 1.92. The molecule has 1 N–H and O–H groups in total. The number of nitrogens with one attached hydrogen (secondary N) is 1. The van der Waals surface area contributed by atoms with Gasteiger partial charge in [0.25, 0.3) is 5.91 Å². The molecular weight excluding hydrogens is 304 g/mol. The van der Waals surface area contributed by atoms with Crippen molar-refractivity contribution in [2.24, 2.45) is 0 Å². The lowest BCUT2D eigenvalue weighted by atomic mass is 10.1. The average Bonchev–Trinajstić information content (AvgIpc) is 2.54. The number of ether oxygens (including phenoxy) is 1. The maximum absolute atomic E-state index is 12.8. The fourth-order valence-corrected chi connectivity index (χ4v) is 1.92. The maximum Gasteiger partial charge on any atom is 0.338 e. The van der Waals surface area contributed by atoms with Crippen LogP contribution in [0, 0.1) is 11.6 Å². The van der Waals surface area contributed by atoms with Gasteiger partial charge in [-0.15, -0.1) is 0 Å². The Morgan fingerprint density at radius 1 is 1.00 bits per heavy atom. The Kier molecular flexibility index (Phi) is 5.41. The minimum Gasteiger partial charge on any atom is -0.452 e. The van der Waals surface area contributed by atoms with Gasteiger partial charge in [-0.2, -0.15) is 0 Å². The highest BCUT2D eigenvalue weighted by atomic mass is 19.1. The number of halogens is 2. The summed E-state index contributed by atoms with van der Waals surface area (Å²) in [7, 11) is 0. The van der Waals surface area contributed by atoms with Crippen molar-refractivity contribution in [1.29, 1.82) is 0 Å². The molecule has 0 heterocycles. The van der Waals surface area contributed by atoms with Gasteiger partial charge < -0.3 is 10.1 Å². The number of rotatable bonds is 5. The number of amides is 1. The summed E-state index contributed by atoms with van der Waals surface area (Å²) < 4.78 is 30.4. The van der Waals surface area contributed by atoms with Crippen molar-refractivity contribution in [3.63, 3.8) is 0 Å². The SMILES string of the molecule is C[C@H](NC(=O)COC(=O)c1ccc(F)cc1)c1ccc(F)cc1. The zero-order valence-corrected chi connectivity index (χ0v) is 12.4. The van der Waals surface area contributed by atoms with E-state index in [1.54, 1.807) is 19.1 Å². The zero-order chi connectivity index (χ0) is 16.8. The van der Waals surface area contributed by atoms with E-state index in [-0.39, 0.29) is 17.4 Å². The van der Waals surface area contributed by atoms with Gasteiger partial charge in [0, 0.05) is 0 Å². The Morgan fingerprint density at radius 2 is 1.52 bits per heavy atom. The second-order valence-corrected chi connectivity index (χ2v) is 4.92. The second-order valence-electron chi connectivity index (χ2n) is 4.92. The highest BCUT2D eigenvalue weighted by Crippen LogP contribution is 2.12. The van der Waals surface area contributed by atoms with Gasteiger partial charge in [0.05, 0.1) is 11.6 Å². The van der Waals surface area contributed by atoms with E-state index in [1.807, 2.05) is 0 Å². The van der Waals surface area contributed by atoms with E-state index in [1.165, 1.54) is 24.3 Å². The van der Waals surface area contributed by atoms with Crippen molar-refractivity contribution in [3.8, 4) is 0 Å². The number of carbonyl (C=O) groups is 2. The summed E-state index contributed by atoms with van der Waals surface area (Å²) in [6.07, 6.45) is 0. The Morgan fingerprint density at radius 3 is 2.09 bits per heavy atom. The van der Waals surface area contributed by atoms with Gasteiger partial charge in [-0.25, -0.2) is 13.6 Å². The molecule has 4 nitrogen and oxygen atoms in total. The van der Waals surface area contributed by atoms with E-state index in [2.05, 4.69) is 5.32 Å². The lowest BCUT2D eigenvalue weighted by Crippen LogP contribution is -2.31. The van der Waals surface area contributed by atoms with Crippen molar-refractivity contribution in [2.75, 3.05) is 6.61 Å². The molecule has 0 spiro atoms. The van der Waals surface area contributed by atoms with Crippen LogP contribution in [0.25, 0.3) is 0 Å². The van der Waals surface area contributed by atoms with Crippen LogP contribution in [0.2, 0.25) is 0 Å². The Hall–Kier alpha value is -2.76. The first-order valence-electron chi connectivity index (χ1n) is 6.93. The largest absolute Gasteiger partial charge is 0.452 e. The van der Waals surface area contributed by atoms with E-state index in [0.29, 0.717) is 0 Å². The van der Waals surface area contributed by atoms with Crippen LogP contribution in [0.15, 0.2) is 48.5 Å². The summed E-state index contributed by atoms with van der Waals surface area (Å²) in [4.78, 5) is 23.4. The molecule has 0 saturated heterocycles. The van der Waals surface area contributed by atoms with Gasteiger partial charge in [-0.1, -0.05) is 12.1 Å². The van der Waals surface area contributed by atoms with E-state index >= 15 is 0 Å². The van der Waals surface area contributed by atoms with Crippen molar-refractivity contribution in [1.82, 2.24) is 5.32 Å². The second kappa shape index (κ2) is 7.49. The molecule has 2 rings (SSSR count). The van der Waals surface area contributed by atoms with E-state index in [0.717, 1.165) is 17.7 Å². The Labute approximate surface area is 132 Å². The maximum atomic E-state index is 12.8. The van der Waals surface area contributed by atoms with Crippen molar-refractivity contribution >= 4 is 11.9 Å². The molecule has 0 radical (unpaired) electrons. The molecule has 23 heavy (non-hydrogen) atoms. The van der Waals surface area contributed by atoms with Gasteiger partial charge in [-0.05, 0) is 48.9 Å². The van der Waals surface area contributed by atoms with E-state index < -0.39 is 24.3 Å². The molecule has 0 unspecified atom stereocenters. The van der Waals surface area contributed by atoms with Gasteiger partial charge in [0.15, 0.2) is 6.61 Å². The van der Waals surface area contributed by atoms with Crippen LogP contribution >= 0.6 is 0 Å². The summed E-state index contributed by atoms with van der Waals surface area (Å²) in [5.74, 6) is -2.03. The molecule has 0 saturated carbocycles. The Bertz CT molecular complexity index is 684. The smallest absolute Gasteiger partial charge is 0.338 e. The standard InChI is InChI=1S/C17H15F2NO3/c1-11(12-2-6-14(18)7-3-12)20-16(21)10-23-17(22)13-4-8-15(19)9-5-13/h2-9,11H,10H2,1H3,(H,20,21)/t11-/m0/s1. The van der Waals surface area contributed by atoms with Crippen LogP contribution in [0.3, 0.4) is 0 Å². The summed E-state index contributed by atoms with van der Waals surface area (Å²) in [6.45, 7) is 1.27. The third-order valence-corrected chi connectivity index (χ3v) is 3.16.